The van der Waals surface area contributed by atoms with Crippen LogP contribution >= 0.6 is 11.3 Å². The van der Waals surface area contributed by atoms with Gasteiger partial charge in [0.05, 0.1) is 9.79 Å². The van der Waals surface area contributed by atoms with Crippen molar-refractivity contribution in [2.75, 3.05) is 0 Å². The molecule has 0 saturated heterocycles. The van der Waals surface area contributed by atoms with Gasteiger partial charge in [-0.3, -0.25) is 4.55 Å². The van der Waals surface area contributed by atoms with Gasteiger partial charge in [-0.1, -0.05) is 18.2 Å². The van der Waals surface area contributed by atoms with Crippen LogP contribution in [0.5, 0.6) is 0 Å². The fraction of sp³-hybridized carbons (Fsp3) is 0. The van der Waals surface area contributed by atoms with Crippen molar-refractivity contribution < 1.29 is 21.4 Å². The summed E-state index contributed by atoms with van der Waals surface area (Å²) in [4.78, 5) is -0.0731. The first kappa shape index (κ1) is 13.2. The normalized spacial score (nSPS) is 12.5. The van der Waals surface area contributed by atoms with E-state index >= 15 is 0 Å². The average molecular weight is 304 g/mol. The Morgan fingerprint density at radius 3 is 2.06 bits per heavy atom. The molecular formula is C10H8O5S3. The monoisotopic (exact) mass is 304 g/mol. The van der Waals surface area contributed by atoms with Gasteiger partial charge in [-0.05, 0) is 18.2 Å². The van der Waals surface area contributed by atoms with Crippen LogP contribution in [0.3, 0.4) is 0 Å². The largest absolute Gasteiger partial charge is 0.304 e. The smallest absolute Gasteiger partial charge is 0.281 e. The summed E-state index contributed by atoms with van der Waals surface area (Å²) in [6, 6.07) is 8.60. The molecule has 1 N–H and O–H groups in total. The Kier molecular flexibility index (Phi) is 3.28. The first-order valence-corrected chi connectivity index (χ1v) is 8.48. The Bertz CT molecular complexity index is 757. The SMILES string of the molecule is O=S(=O)(O)c1cc(S(=O)(=O)c2ccccc2)cs1. The van der Waals surface area contributed by atoms with Crippen LogP contribution in [0.15, 0.2) is 55.8 Å². The van der Waals surface area contributed by atoms with Crippen LogP contribution in [0.2, 0.25) is 0 Å². The summed E-state index contributed by atoms with van der Waals surface area (Å²) in [6.07, 6.45) is 0. The molecule has 0 atom stereocenters. The van der Waals surface area contributed by atoms with Crippen LogP contribution in [0.4, 0.5) is 0 Å². The highest BCUT2D eigenvalue weighted by molar-refractivity contribution is 7.92. The van der Waals surface area contributed by atoms with Crippen molar-refractivity contribution in [2.45, 2.75) is 14.0 Å². The fourth-order valence-electron chi connectivity index (χ4n) is 1.31. The average Bonchev–Trinajstić information content (AvgIpc) is 2.79. The maximum atomic E-state index is 12.1. The van der Waals surface area contributed by atoms with Gasteiger partial charge in [0.1, 0.15) is 4.21 Å². The molecule has 0 aliphatic carbocycles. The van der Waals surface area contributed by atoms with E-state index in [0.717, 1.165) is 6.07 Å². The third-order valence-corrected chi connectivity index (χ3v) is 6.34. The zero-order valence-electron chi connectivity index (χ0n) is 8.85. The van der Waals surface area contributed by atoms with Crippen molar-refractivity contribution in [3.63, 3.8) is 0 Å². The summed E-state index contributed by atoms with van der Waals surface area (Å²) < 4.78 is 54.4. The maximum absolute atomic E-state index is 12.1. The van der Waals surface area contributed by atoms with Crippen LogP contribution in [-0.2, 0) is 20.0 Å². The number of hydrogen-bond donors (Lipinski definition) is 1. The highest BCUT2D eigenvalue weighted by Gasteiger charge is 2.22. The van der Waals surface area contributed by atoms with Crippen LogP contribution in [0, 0.1) is 0 Å². The second kappa shape index (κ2) is 4.47. The molecule has 0 unspecified atom stereocenters. The summed E-state index contributed by atoms with van der Waals surface area (Å²) in [5, 5.41) is 1.19. The van der Waals surface area contributed by atoms with E-state index < -0.39 is 24.2 Å². The van der Waals surface area contributed by atoms with Gasteiger partial charge < -0.3 is 0 Å². The van der Waals surface area contributed by atoms with E-state index in [1.54, 1.807) is 18.2 Å². The van der Waals surface area contributed by atoms with Crippen LogP contribution in [0.25, 0.3) is 0 Å². The minimum Gasteiger partial charge on any atom is -0.281 e. The van der Waals surface area contributed by atoms with Gasteiger partial charge >= 0.3 is 10.1 Å². The van der Waals surface area contributed by atoms with Crippen LogP contribution in [0.1, 0.15) is 0 Å². The lowest BCUT2D eigenvalue weighted by Crippen LogP contribution is -2.00. The number of thiophene rings is 1. The minimum atomic E-state index is -4.37. The first-order chi connectivity index (χ1) is 8.32. The number of sulfone groups is 1. The lowest BCUT2D eigenvalue weighted by molar-refractivity contribution is 0.485. The molecule has 5 nitrogen and oxygen atoms in total. The molecule has 96 valence electrons. The summed E-state index contributed by atoms with van der Waals surface area (Å²) in [7, 11) is -8.11. The second-order valence-electron chi connectivity index (χ2n) is 3.39. The number of benzene rings is 1. The van der Waals surface area contributed by atoms with E-state index in [2.05, 4.69) is 0 Å². The van der Waals surface area contributed by atoms with Gasteiger partial charge in [-0.2, -0.15) is 8.42 Å². The Morgan fingerprint density at radius 2 is 1.56 bits per heavy atom. The van der Waals surface area contributed by atoms with E-state index in [0.29, 0.717) is 11.3 Å². The zero-order valence-corrected chi connectivity index (χ0v) is 11.3. The number of rotatable bonds is 3. The summed E-state index contributed by atoms with van der Waals surface area (Å²) >= 11 is 0.661. The molecule has 1 aromatic carbocycles. The molecule has 1 aromatic heterocycles. The van der Waals surface area contributed by atoms with Crippen LogP contribution < -0.4 is 0 Å². The Morgan fingerprint density at radius 1 is 0.944 bits per heavy atom. The van der Waals surface area contributed by atoms with Crippen LogP contribution in [-0.4, -0.2) is 21.4 Å². The van der Waals surface area contributed by atoms with Gasteiger partial charge in [0.25, 0.3) is 0 Å². The molecule has 2 aromatic rings. The lowest BCUT2D eigenvalue weighted by atomic mass is 10.4. The van der Waals surface area contributed by atoms with Gasteiger partial charge in [-0.25, -0.2) is 8.42 Å². The maximum Gasteiger partial charge on any atom is 0.304 e. The summed E-state index contributed by atoms with van der Waals surface area (Å²) in [6.45, 7) is 0. The standard InChI is InChI=1S/C10H8O5S3/c11-17(12,8-4-2-1-3-5-8)9-6-10(16-7-9)18(13,14)15/h1-7H,(H,13,14,15). The number of hydrogen-bond acceptors (Lipinski definition) is 5. The quantitative estimate of drug-likeness (QED) is 0.874. The molecule has 1 heterocycles. The van der Waals surface area contributed by atoms with Gasteiger partial charge in [0.15, 0.2) is 0 Å². The van der Waals surface area contributed by atoms with Crippen molar-refractivity contribution in [2.24, 2.45) is 0 Å². The molecule has 0 fully saturated rings. The molecule has 0 amide bonds. The minimum absolute atomic E-state index is 0.0738. The van der Waals surface area contributed by atoms with Gasteiger partial charge in [0, 0.05) is 5.38 Å². The second-order valence-corrected chi connectivity index (χ2v) is 7.90. The third kappa shape index (κ3) is 2.46. The molecule has 0 aliphatic heterocycles. The molecule has 0 spiro atoms. The molecule has 8 heteroatoms. The molecule has 0 aliphatic rings. The molecule has 0 saturated carbocycles. The third-order valence-electron chi connectivity index (χ3n) is 2.17. The highest BCUT2D eigenvalue weighted by Crippen LogP contribution is 2.27. The highest BCUT2D eigenvalue weighted by atomic mass is 32.3. The van der Waals surface area contributed by atoms with E-state index in [-0.39, 0.29) is 9.79 Å². The van der Waals surface area contributed by atoms with Crippen molar-refractivity contribution in [1.29, 1.82) is 0 Å². The Balaban J connectivity index is 2.54. The van der Waals surface area contributed by atoms with E-state index in [9.17, 15) is 16.8 Å². The van der Waals surface area contributed by atoms with Crippen molar-refractivity contribution in [3.8, 4) is 0 Å². The zero-order chi connectivity index (χ0) is 13.4. The fourth-order valence-corrected chi connectivity index (χ4v) is 4.58. The Hall–Kier alpha value is -1.22. The predicted molar refractivity (Wildman–Crippen MR) is 66.0 cm³/mol. The van der Waals surface area contributed by atoms with Gasteiger partial charge in [0.2, 0.25) is 9.84 Å². The first-order valence-electron chi connectivity index (χ1n) is 4.68. The van der Waals surface area contributed by atoms with E-state index in [4.69, 9.17) is 4.55 Å². The van der Waals surface area contributed by atoms with Crippen molar-refractivity contribution in [3.05, 3.63) is 41.8 Å². The van der Waals surface area contributed by atoms with Crippen molar-refractivity contribution in [1.82, 2.24) is 0 Å². The van der Waals surface area contributed by atoms with Crippen molar-refractivity contribution >= 4 is 31.3 Å². The summed E-state index contributed by atoms with van der Waals surface area (Å²) in [5.41, 5.74) is 0. The molecular weight excluding hydrogens is 296 g/mol. The molecule has 0 radical (unpaired) electrons. The topological polar surface area (TPSA) is 88.5 Å². The van der Waals surface area contributed by atoms with Gasteiger partial charge in [-0.15, -0.1) is 11.3 Å². The van der Waals surface area contributed by atoms with E-state index in [1.165, 1.54) is 17.5 Å². The Labute approximate surface area is 108 Å². The predicted octanol–water partition coefficient (Wildman–Crippen LogP) is 1.83. The molecule has 2 rings (SSSR count). The summed E-state index contributed by atoms with van der Waals surface area (Å²) in [5.74, 6) is 0. The van der Waals surface area contributed by atoms with E-state index in [1.807, 2.05) is 0 Å². The molecule has 0 bridgehead atoms. The lowest BCUT2D eigenvalue weighted by Gasteiger charge is -2.00. The molecule has 18 heavy (non-hydrogen) atoms.